The van der Waals surface area contributed by atoms with E-state index in [1.54, 1.807) is 17.7 Å². The largest absolute Gasteiger partial charge is 0.396 e. The predicted molar refractivity (Wildman–Crippen MR) is 63.4 cm³/mol. The molecule has 1 aliphatic rings. The normalized spacial score (nSPS) is 19.4. The molecule has 1 atom stereocenters. The topological polar surface area (TPSA) is 92.5 Å². The van der Waals surface area contributed by atoms with Gasteiger partial charge in [0.2, 0.25) is 0 Å². The van der Waals surface area contributed by atoms with E-state index in [-0.39, 0.29) is 12.4 Å². The maximum atomic E-state index is 9.07. The molecular formula is C11H16N4O2. The fraction of sp³-hybridized carbons (Fsp3) is 0.455. The molecule has 0 saturated carbocycles. The molecule has 0 aliphatic carbocycles. The molecule has 17 heavy (non-hydrogen) atoms. The summed E-state index contributed by atoms with van der Waals surface area (Å²) >= 11 is 0. The molecule has 1 aliphatic heterocycles. The van der Waals surface area contributed by atoms with Crippen LogP contribution in [0.15, 0.2) is 18.3 Å². The Morgan fingerprint density at radius 3 is 2.94 bits per heavy atom. The fourth-order valence-corrected chi connectivity index (χ4v) is 1.98. The van der Waals surface area contributed by atoms with Gasteiger partial charge in [0.15, 0.2) is 5.84 Å². The Morgan fingerprint density at radius 2 is 2.41 bits per heavy atom. The minimum Gasteiger partial charge on any atom is -0.396 e. The highest BCUT2D eigenvalue weighted by atomic mass is 16.5. The lowest BCUT2D eigenvalue weighted by Gasteiger charge is -2.17. The number of aliphatic hydroxyl groups is 1. The number of nitrogens with one attached hydrogen (secondary N) is 2. The van der Waals surface area contributed by atoms with Gasteiger partial charge >= 0.3 is 0 Å². The van der Waals surface area contributed by atoms with Gasteiger partial charge in [-0.3, -0.25) is 16.1 Å². The number of aromatic nitrogens is 1. The Bertz CT molecular complexity index is 393. The van der Waals surface area contributed by atoms with Gasteiger partial charge in [-0.05, 0) is 18.6 Å². The standard InChI is InChI=1S/C11H16N4O2/c12-11(14-17)9-1-2-10(13-5-9)15-4-3-8(6-15)7-16/h1-2,5,8,16-17H,3-4,6-7H2,(H2,12,14). The van der Waals surface area contributed by atoms with E-state index in [4.69, 9.17) is 15.7 Å². The molecule has 4 N–H and O–H groups in total. The highest BCUT2D eigenvalue weighted by molar-refractivity contribution is 5.95. The molecule has 1 saturated heterocycles. The lowest BCUT2D eigenvalue weighted by atomic mass is 10.1. The summed E-state index contributed by atoms with van der Waals surface area (Å²) in [6.07, 6.45) is 2.53. The van der Waals surface area contributed by atoms with Crippen LogP contribution in [-0.4, -0.2) is 40.8 Å². The van der Waals surface area contributed by atoms with E-state index in [1.807, 2.05) is 6.07 Å². The second-order valence-corrected chi connectivity index (χ2v) is 4.18. The zero-order chi connectivity index (χ0) is 12.3. The van der Waals surface area contributed by atoms with Crippen LogP contribution in [0.1, 0.15) is 12.0 Å². The van der Waals surface area contributed by atoms with E-state index in [1.165, 1.54) is 0 Å². The summed E-state index contributed by atoms with van der Waals surface area (Å²) in [5.41, 5.74) is 2.32. The Balaban J connectivity index is 2.06. The number of pyridine rings is 1. The summed E-state index contributed by atoms with van der Waals surface area (Å²) < 4.78 is 0. The molecular weight excluding hydrogens is 220 g/mol. The van der Waals surface area contributed by atoms with Crippen LogP contribution >= 0.6 is 0 Å². The molecule has 0 aromatic carbocycles. The van der Waals surface area contributed by atoms with Gasteiger partial charge in [0.05, 0.1) is 0 Å². The molecule has 2 heterocycles. The van der Waals surface area contributed by atoms with Crippen LogP contribution in [0.25, 0.3) is 0 Å². The molecule has 6 heteroatoms. The number of hydroxylamine groups is 1. The van der Waals surface area contributed by atoms with Crippen molar-refractivity contribution >= 4 is 11.7 Å². The molecule has 2 rings (SSSR count). The third-order valence-corrected chi connectivity index (χ3v) is 3.02. The molecule has 1 aromatic heterocycles. The second-order valence-electron chi connectivity index (χ2n) is 4.18. The minimum atomic E-state index is -0.0706. The lowest BCUT2D eigenvalue weighted by Crippen LogP contribution is -2.22. The first-order valence-corrected chi connectivity index (χ1v) is 5.55. The van der Waals surface area contributed by atoms with Gasteiger partial charge in [-0.25, -0.2) is 4.98 Å². The molecule has 0 amide bonds. The first-order chi connectivity index (χ1) is 8.24. The monoisotopic (exact) mass is 236 g/mol. The van der Waals surface area contributed by atoms with E-state index >= 15 is 0 Å². The molecule has 92 valence electrons. The van der Waals surface area contributed by atoms with E-state index in [9.17, 15) is 0 Å². The zero-order valence-electron chi connectivity index (χ0n) is 9.43. The third-order valence-electron chi connectivity index (χ3n) is 3.02. The molecule has 1 unspecified atom stereocenters. The summed E-state index contributed by atoms with van der Waals surface area (Å²) in [5.74, 6) is 1.10. The van der Waals surface area contributed by atoms with Crippen LogP contribution in [0.5, 0.6) is 0 Å². The first kappa shape index (κ1) is 11.8. The number of anilines is 1. The van der Waals surface area contributed by atoms with Crippen LogP contribution in [0.4, 0.5) is 5.82 Å². The van der Waals surface area contributed by atoms with Crippen molar-refractivity contribution in [2.75, 3.05) is 24.6 Å². The smallest absolute Gasteiger partial charge is 0.150 e. The Labute approximate surface area is 99.4 Å². The van der Waals surface area contributed by atoms with Crippen molar-refractivity contribution < 1.29 is 10.3 Å². The van der Waals surface area contributed by atoms with Gasteiger partial charge in [0, 0.05) is 37.4 Å². The van der Waals surface area contributed by atoms with Crippen LogP contribution in [0.3, 0.4) is 0 Å². The summed E-state index contributed by atoms with van der Waals surface area (Å²) in [6, 6.07) is 3.56. The van der Waals surface area contributed by atoms with Crippen LogP contribution in [0.2, 0.25) is 0 Å². The quantitative estimate of drug-likeness (QED) is 0.342. The highest BCUT2D eigenvalue weighted by Gasteiger charge is 2.22. The molecule has 1 fully saturated rings. The Kier molecular flexibility index (Phi) is 3.55. The predicted octanol–water partition coefficient (Wildman–Crippen LogP) is 0.204. The summed E-state index contributed by atoms with van der Waals surface area (Å²) in [6.45, 7) is 1.93. The second kappa shape index (κ2) is 5.11. The number of aliphatic hydroxyl groups excluding tert-OH is 1. The Hall–Kier alpha value is -1.66. The summed E-state index contributed by atoms with van der Waals surface area (Å²) in [5, 5.41) is 25.0. The average molecular weight is 236 g/mol. The van der Waals surface area contributed by atoms with Crippen molar-refractivity contribution in [2.45, 2.75) is 6.42 Å². The van der Waals surface area contributed by atoms with E-state index in [2.05, 4.69) is 9.88 Å². The number of nitrogens with zero attached hydrogens (tertiary/aromatic N) is 2. The highest BCUT2D eigenvalue weighted by Crippen LogP contribution is 2.21. The van der Waals surface area contributed by atoms with E-state index < -0.39 is 0 Å². The first-order valence-electron chi connectivity index (χ1n) is 5.55. The van der Waals surface area contributed by atoms with Crippen LogP contribution in [0, 0.1) is 11.3 Å². The lowest BCUT2D eigenvalue weighted by molar-refractivity contribution is 0.234. The van der Waals surface area contributed by atoms with Crippen LogP contribution in [-0.2, 0) is 0 Å². The van der Waals surface area contributed by atoms with Gasteiger partial charge in [-0.1, -0.05) is 0 Å². The molecule has 1 aromatic rings. The average Bonchev–Trinajstić information content (AvgIpc) is 2.87. The maximum absolute atomic E-state index is 9.07. The minimum absolute atomic E-state index is 0.0706. The SMILES string of the molecule is N=C(NO)c1ccc(N2CCC(CO)C2)nc1. The van der Waals surface area contributed by atoms with Crippen molar-refractivity contribution in [3.63, 3.8) is 0 Å². The van der Waals surface area contributed by atoms with Gasteiger partial charge in [0.1, 0.15) is 5.82 Å². The number of hydrogen-bond acceptors (Lipinski definition) is 5. The van der Waals surface area contributed by atoms with E-state index in [0.29, 0.717) is 11.5 Å². The summed E-state index contributed by atoms with van der Waals surface area (Å²) in [7, 11) is 0. The Morgan fingerprint density at radius 1 is 1.59 bits per heavy atom. The van der Waals surface area contributed by atoms with Gasteiger partial charge < -0.3 is 10.0 Å². The fourth-order valence-electron chi connectivity index (χ4n) is 1.98. The van der Waals surface area contributed by atoms with Crippen molar-refractivity contribution in [1.29, 1.82) is 5.41 Å². The third kappa shape index (κ3) is 2.54. The van der Waals surface area contributed by atoms with Crippen molar-refractivity contribution in [1.82, 2.24) is 10.5 Å². The molecule has 0 spiro atoms. The number of hydrogen-bond donors (Lipinski definition) is 4. The van der Waals surface area contributed by atoms with Gasteiger partial charge in [-0.15, -0.1) is 0 Å². The van der Waals surface area contributed by atoms with Crippen molar-refractivity contribution in [2.24, 2.45) is 5.92 Å². The van der Waals surface area contributed by atoms with E-state index in [0.717, 1.165) is 25.3 Å². The van der Waals surface area contributed by atoms with Crippen molar-refractivity contribution in [3.05, 3.63) is 23.9 Å². The van der Waals surface area contributed by atoms with Gasteiger partial charge in [-0.2, -0.15) is 0 Å². The number of amidine groups is 1. The maximum Gasteiger partial charge on any atom is 0.150 e. The summed E-state index contributed by atoms with van der Waals surface area (Å²) in [4.78, 5) is 6.36. The number of rotatable bonds is 3. The molecule has 6 nitrogen and oxygen atoms in total. The molecule has 0 bridgehead atoms. The van der Waals surface area contributed by atoms with Gasteiger partial charge in [0.25, 0.3) is 0 Å². The zero-order valence-corrected chi connectivity index (χ0v) is 9.43. The van der Waals surface area contributed by atoms with Crippen LogP contribution < -0.4 is 10.4 Å². The van der Waals surface area contributed by atoms with Crippen molar-refractivity contribution in [3.8, 4) is 0 Å². The molecule has 0 radical (unpaired) electrons.